The van der Waals surface area contributed by atoms with Crippen LogP contribution in [0.5, 0.6) is 23.0 Å². The molecule has 12 nitrogen and oxygen atoms in total. The van der Waals surface area contributed by atoms with Crippen molar-refractivity contribution in [1.82, 2.24) is 19.9 Å². The summed E-state index contributed by atoms with van der Waals surface area (Å²) < 4.78 is 21.7. The van der Waals surface area contributed by atoms with Gasteiger partial charge in [0.1, 0.15) is 34.6 Å². The molecule has 0 spiro atoms. The van der Waals surface area contributed by atoms with Crippen molar-refractivity contribution in [3.05, 3.63) is 215 Å². The standard InChI is InChI=1S/C56H56N8O4/c1-65-43-23-15-37(16-24-43)33-57-49-31-47(61-55(63-49)59-35-39-19-27-45(67-3)28-20-39)53-51(41-11-7-5-8-12-41)54(52(53)42-13-9-6-10-14-42)48-32-50(58-34-38-17-25-44(66-2)26-18-38)64-56(62-48)60-36-40-21-29-46(68-4)30-22-40/h5-32,51-54H,33-36H2,1-4H3,(H2,57,59,61,63)(H2,58,60,62,64)/t51-,52-,53-,54-. The van der Waals surface area contributed by atoms with E-state index < -0.39 is 0 Å². The molecular weight excluding hydrogens is 849 g/mol. The summed E-state index contributed by atoms with van der Waals surface area (Å²) in [7, 11) is 6.70. The van der Waals surface area contributed by atoms with E-state index >= 15 is 0 Å². The molecule has 1 saturated carbocycles. The van der Waals surface area contributed by atoms with E-state index in [2.05, 4.69) is 118 Å². The van der Waals surface area contributed by atoms with E-state index in [-0.39, 0.29) is 23.7 Å². The predicted molar refractivity (Wildman–Crippen MR) is 269 cm³/mol. The topological polar surface area (TPSA) is 137 Å². The maximum Gasteiger partial charge on any atom is 0.225 e. The Morgan fingerprint density at radius 3 is 0.926 bits per heavy atom. The van der Waals surface area contributed by atoms with Crippen LogP contribution in [0.4, 0.5) is 23.5 Å². The fraction of sp³-hybridized carbons (Fsp3) is 0.214. The largest absolute Gasteiger partial charge is 0.497 e. The van der Waals surface area contributed by atoms with Crippen LogP contribution in [0.15, 0.2) is 170 Å². The Morgan fingerprint density at radius 2 is 0.632 bits per heavy atom. The van der Waals surface area contributed by atoms with Crippen molar-refractivity contribution >= 4 is 23.5 Å². The van der Waals surface area contributed by atoms with Gasteiger partial charge in [0.2, 0.25) is 11.9 Å². The molecular formula is C56H56N8O4. The molecule has 0 radical (unpaired) electrons. The van der Waals surface area contributed by atoms with Gasteiger partial charge < -0.3 is 40.2 Å². The van der Waals surface area contributed by atoms with Gasteiger partial charge in [-0.2, -0.15) is 9.97 Å². The summed E-state index contributed by atoms with van der Waals surface area (Å²) in [6.07, 6.45) is 0. The van der Waals surface area contributed by atoms with Crippen molar-refractivity contribution in [3.8, 4) is 23.0 Å². The van der Waals surface area contributed by atoms with E-state index in [1.807, 2.05) is 72.8 Å². The Bertz CT molecular complexity index is 2510. The molecule has 2 heterocycles. The molecule has 68 heavy (non-hydrogen) atoms. The van der Waals surface area contributed by atoms with Crippen LogP contribution in [-0.4, -0.2) is 48.4 Å². The monoisotopic (exact) mass is 904 g/mol. The SMILES string of the molecule is COc1ccc(CNc2cc([C@H]3[C@H](c4ccccc4)[C@H](c4cc(NCc5ccc(OC)cc5)nc(NCc5ccc(OC)cc5)n4)[C@H]3c3ccccc3)nc(NCc3ccc(OC)cc3)n2)cc1. The van der Waals surface area contributed by atoms with Gasteiger partial charge in [-0.3, -0.25) is 0 Å². The van der Waals surface area contributed by atoms with Crippen molar-refractivity contribution in [1.29, 1.82) is 0 Å². The number of nitrogens with zero attached hydrogens (tertiary/aromatic N) is 4. The molecule has 0 amide bonds. The molecule has 0 atom stereocenters. The third kappa shape index (κ3) is 10.8. The number of hydrogen-bond donors (Lipinski definition) is 4. The van der Waals surface area contributed by atoms with Crippen LogP contribution < -0.4 is 40.2 Å². The number of nitrogens with one attached hydrogen (secondary N) is 4. The smallest absolute Gasteiger partial charge is 0.225 e. The molecule has 1 aliphatic carbocycles. The van der Waals surface area contributed by atoms with Crippen molar-refractivity contribution < 1.29 is 18.9 Å². The van der Waals surface area contributed by atoms with Gasteiger partial charge >= 0.3 is 0 Å². The van der Waals surface area contributed by atoms with E-state index in [0.717, 1.165) is 68.3 Å². The highest BCUT2D eigenvalue weighted by Gasteiger charge is 2.54. The third-order valence-electron chi connectivity index (χ3n) is 12.6. The van der Waals surface area contributed by atoms with Crippen molar-refractivity contribution in [2.45, 2.75) is 49.9 Å². The first-order valence-electron chi connectivity index (χ1n) is 22.8. The number of ether oxygens (including phenoxy) is 4. The maximum atomic E-state index is 5.43. The molecule has 2 aromatic heterocycles. The number of benzene rings is 6. The van der Waals surface area contributed by atoms with Gasteiger partial charge in [-0.05, 0) is 81.9 Å². The molecule has 1 fully saturated rings. The number of aromatic nitrogens is 4. The normalized spacial score (nSPS) is 16.2. The lowest BCUT2D eigenvalue weighted by Crippen LogP contribution is -2.41. The lowest BCUT2D eigenvalue weighted by molar-refractivity contribution is 0.220. The van der Waals surface area contributed by atoms with E-state index in [0.29, 0.717) is 38.1 Å². The Hall–Kier alpha value is -8.12. The number of rotatable bonds is 20. The van der Waals surface area contributed by atoms with Crippen LogP contribution in [0, 0.1) is 0 Å². The van der Waals surface area contributed by atoms with E-state index in [1.54, 1.807) is 28.4 Å². The van der Waals surface area contributed by atoms with Crippen molar-refractivity contribution in [2.75, 3.05) is 49.7 Å². The van der Waals surface area contributed by atoms with Gasteiger partial charge in [-0.25, -0.2) is 9.97 Å². The summed E-state index contributed by atoms with van der Waals surface area (Å²) in [5.41, 5.74) is 8.62. The zero-order valence-electron chi connectivity index (χ0n) is 38.7. The summed E-state index contributed by atoms with van der Waals surface area (Å²) in [6, 6.07) is 58.0. The van der Waals surface area contributed by atoms with Crippen LogP contribution in [0.1, 0.15) is 68.4 Å². The number of methoxy groups -OCH3 is 4. The van der Waals surface area contributed by atoms with Crippen LogP contribution >= 0.6 is 0 Å². The Balaban J connectivity index is 1.12. The average molecular weight is 905 g/mol. The van der Waals surface area contributed by atoms with Crippen molar-refractivity contribution in [2.24, 2.45) is 0 Å². The third-order valence-corrected chi connectivity index (χ3v) is 12.6. The summed E-state index contributed by atoms with van der Waals surface area (Å²) >= 11 is 0. The highest BCUT2D eigenvalue weighted by Crippen LogP contribution is 2.66. The number of anilines is 4. The Labute approximate surface area is 398 Å². The summed E-state index contributed by atoms with van der Waals surface area (Å²) in [5, 5.41) is 14.4. The second-order valence-corrected chi connectivity index (χ2v) is 16.7. The fourth-order valence-corrected chi connectivity index (χ4v) is 9.00. The van der Waals surface area contributed by atoms with Gasteiger partial charge in [0.25, 0.3) is 0 Å². The van der Waals surface area contributed by atoms with E-state index in [4.69, 9.17) is 38.9 Å². The first-order valence-corrected chi connectivity index (χ1v) is 22.8. The van der Waals surface area contributed by atoms with Gasteiger partial charge in [-0.15, -0.1) is 0 Å². The van der Waals surface area contributed by atoms with Crippen molar-refractivity contribution in [3.63, 3.8) is 0 Å². The molecule has 6 aromatic carbocycles. The zero-order valence-corrected chi connectivity index (χ0v) is 38.7. The molecule has 0 aliphatic heterocycles. The molecule has 8 aromatic rings. The Morgan fingerprint density at radius 1 is 0.338 bits per heavy atom. The highest BCUT2D eigenvalue weighted by atomic mass is 16.5. The second kappa shape index (κ2) is 21.5. The molecule has 12 heteroatoms. The summed E-state index contributed by atoms with van der Waals surface area (Å²) in [4.78, 5) is 20.8. The molecule has 344 valence electrons. The quantitative estimate of drug-likeness (QED) is 0.0579. The van der Waals surface area contributed by atoms with Crippen LogP contribution in [0.3, 0.4) is 0 Å². The average Bonchev–Trinajstić information content (AvgIpc) is 3.39. The van der Waals surface area contributed by atoms with Crippen LogP contribution in [-0.2, 0) is 26.2 Å². The minimum absolute atomic E-state index is 0.0149. The highest BCUT2D eigenvalue weighted by molar-refractivity contribution is 5.54. The molecule has 0 unspecified atom stereocenters. The van der Waals surface area contributed by atoms with Gasteiger partial charge in [0, 0.05) is 62.0 Å². The molecule has 4 N–H and O–H groups in total. The minimum Gasteiger partial charge on any atom is -0.497 e. The van der Waals surface area contributed by atoms with E-state index in [1.165, 1.54) is 11.1 Å². The van der Waals surface area contributed by atoms with Gasteiger partial charge in [-0.1, -0.05) is 109 Å². The summed E-state index contributed by atoms with van der Waals surface area (Å²) in [6.45, 7) is 2.19. The molecule has 0 bridgehead atoms. The van der Waals surface area contributed by atoms with Crippen LogP contribution in [0.25, 0.3) is 0 Å². The first-order chi connectivity index (χ1) is 33.5. The fourth-order valence-electron chi connectivity index (χ4n) is 9.00. The molecule has 0 saturated heterocycles. The first kappa shape index (κ1) is 45.1. The summed E-state index contributed by atoms with van der Waals surface area (Å²) in [5.74, 6) is 5.61. The van der Waals surface area contributed by atoms with Gasteiger partial charge in [0.05, 0.1) is 39.8 Å². The predicted octanol–water partition coefficient (Wildman–Crippen LogP) is 11.2. The minimum atomic E-state index is -0.0581. The Kier molecular flexibility index (Phi) is 14.2. The lowest BCUT2D eigenvalue weighted by atomic mass is 9.50. The van der Waals surface area contributed by atoms with E-state index in [9.17, 15) is 0 Å². The molecule has 1 aliphatic rings. The zero-order chi connectivity index (χ0) is 46.7. The number of hydrogen-bond acceptors (Lipinski definition) is 12. The maximum absolute atomic E-state index is 5.43. The van der Waals surface area contributed by atoms with Gasteiger partial charge in [0.15, 0.2) is 0 Å². The molecule has 9 rings (SSSR count). The van der Waals surface area contributed by atoms with Crippen LogP contribution in [0.2, 0.25) is 0 Å². The second-order valence-electron chi connectivity index (χ2n) is 16.7. The lowest BCUT2D eigenvalue weighted by Gasteiger charge is -2.52.